The Kier molecular flexibility index (Phi) is 9.00. The van der Waals surface area contributed by atoms with Crippen molar-refractivity contribution in [2.75, 3.05) is 41.4 Å². The van der Waals surface area contributed by atoms with Crippen molar-refractivity contribution in [2.24, 2.45) is 4.99 Å². The van der Waals surface area contributed by atoms with Gasteiger partial charge in [0.25, 0.3) is 5.91 Å². The van der Waals surface area contributed by atoms with E-state index in [0.29, 0.717) is 18.8 Å². The Morgan fingerprint density at radius 3 is 2.57 bits per heavy atom. The van der Waals surface area contributed by atoms with Gasteiger partial charge in [0.15, 0.2) is 12.6 Å². The Morgan fingerprint density at radius 1 is 1.10 bits per heavy atom. The van der Waals surface area contributed by atoms with Gasteiger partial charge >= 0.3 is 0 Å². The molecule has 0 aromatic heterocycles. The lowest BCUT2D eigenvalue weighted by Gasteiger charge is -2.23. The summed E-state index contributed by atoms with van der Waals surface area (Å²) in [5, 5.41) is 3.33. The third-order valence-electron chi connectivity index (χ3n) is 4.47. The highest BCUT2D eigenvalue weighted by Crippen LogP contribution is 2.19. The van der Waals surface area contributed by atoms with Crippen LogP contribution in [0.1, 0.15) is 18.1 Å². The third kappa shape index (κ3) is 6.99. The molecule has 1 N–H and O–H groups in total. The Hall–Kier alpha value is -3.22. The molecular weight excluding hydrogens is 380 g/mol. The lowest BCUT2D eigenvalue weighted by molar-refractivity contribution is -0.130. The van der Waals surface area contributed by atoms with Gasteiger partial charge in [0, 0.05) is 39.8 Å². The topological polar surface area (TPSA) is 66.4 Å². The molecule has 0 radical (unpaired) electrons. The molecule has 2 aromatic rings. The average Bonchev–Trinajstić information content (AvgIpc) is 2.75. The van der Waals surface area contributed by atoms with E-state index in [4.69, 9.17) is 14.5 Å². The summed E-state index contributed by atoms with van der Waals surface area (Å²) in [5.41, 5.74) is 2.10. The van der Waals surface area contributed by atoms with E-state index in [9.17, 15) is 4.79 Å². The number of guanidine groups is 1. The first-order valence-corrected chi connectivity index (χ1v) is 9.97. The molecule has 0 aliphatic rings. The summed E-state index contributed by atoms with van der Waals surface area (Å²) in [5.74, 6) is 2.24. The number of hydrogen-bond donors (Lipinski definition) is 1. The van der Waals surface area contributed by atoms with E-state index in [1.807, 2.05) is 56.4 Å². The molecule has 2 rings (SSSR count). The minimum absolute atomic E-state index is 0.0179. The SMILES string of the molecule is CCNC(=NCc1cccc(OCC(=O)N(C)C)c1)N(C)Cc1ccccc1OC. The highest BCUT2D eigenvalue weighted by molar-refractivity contribution is 5.79. The second-order valence-corrected chi connectivity index (χ2v) is 7.06. The normalized spacial score (nSPS) is 11.0. The highest BCUT2D eigenvalue weighted by atomic mass is 16.5. The Bertz CT molecular complexity index is 852. The number of carbonyl (C=O) groups excluding carboxylic acids is 1. The van der Waals surface area contributed by atoms with Crippen LogP contribution in [0.2, 0.25) is 0 Å². The van der Waals surface area contributed by atoms with Crippen LogP contribution in [0.3, 0.4) is 0 Å². The van der Waals surface area contributed by atoms with Crippen LogP contribution in [-0.2, 0) is 17.9 Å². The van der Waals surface area contributed by atoms with E-state index in [1.165, 1.54) is 4.90 Å². The van der Waals surface area contributed by atoms with Crippen molar-refractivity contribution < 1.29 is 14.3 Å². The molecule has 0 aliphatic heterocycles. The molecule has 0 spiro atoms. The molecule has 0 aliphatic carbocycles. The van der Waals surface area contributed by atoms with Gasteiger partial charge in [-0.3, -0.25) is 4.79 Å². The summed E-state index contributed by atoms with van der Waals surface area (Å²) in [6.07, 6.45) is 0. The maximum atomic E-state index is 11.7. The summed E-state index contributed by atoms with van der Waals surface area (Å²) >= 11 is 0. The van der Waals surface area contributed by atoms with Crippen LogP contribution in [0.4, 0.5) is 0 Å². The first-order chi connectivity index (χ1) is 14.4. The standard InChI is InChI=1S/C23H32N4O3/c1-6-24-23(27(4)16-19-11-7-8-13-21(19)29-5)25-15-18-10-9-12-20(14-18)30-17-22(28)26(2)3/h7-14H,6,15-17H2,1-5H3,(H,24,25). The first kappa shape index (κ1) is 23.1. The van der Waals surface area contributed by atoms with Gasteiger partial charge < -0.3 is 24.6 Å². The van der Waals surface area contributed by atoms with Crippen molar-refractivity contribution in [3.8, 4) is 11.5 Å². The molecule has 0 bridgehead atoms. The van der Waals surface area contributed by atoms with Crippen LogP contribution in [0, 0.1) is 0 Å². The average molecular weight is 413 g/mol. The zero-order valence-electron chi connectivity index (χ0n) is 18.5. The molecule has 2 aromatic carbocycles. The van der Waals surface area contributed by atoms with Gasteiger partial charge in [-0.1, -0.05) is 30.3 Å². The summed E-state index contributed by atoms with van der Waals surface area (Å²) < 4.78 is 11.1. The number of amides is 1. The molecule has 0 atom stereocenters. The van der Waals surface area contributed by atoms with Crippen molar-refractivity contribution in [1.82, 2.24) is 15.1 Å². The van der Waals surface area contributed by atoms with Gasteiger partial charge in [-0.15, -0.1) is 0 Å². The van der Waals surface area contributed by atoms with Gasteiger partial charge in [0.05, 0.1) is 13.7 Å². The third-order valence-corrected chi connectivity index (χ3v) is 4.47. The predicted molar refractivity (Wildman–Crippen MR) is 120 cm³/mol. The number of likely N-dealkylation sites (N-methyl/N-ethyl adjacent to an activating group) is 1. The Labute approximate surface area is 179 Å². The van der Waals surface area contributed by atoms with E-state index in [1.54, 1.807) is 21.2 Å². The fraction of sp³-hybridized carbons (Fsp3) is 0.391. The Morgan fingerprint density at radius 2 is 1.87 bits per heavy atom. The number of aliphatic imine (C=N–C) groups is 1. The molecular formula is C23H32N4O3. The van der Waals surface area contributed by atoms with Crippen molar-refractivity contribution >= 4 is 11.9 Å². The molecule has 162 valence electrons. The van der Waals surface area contributed by atoms with Crippen LogP contribution in [-0.4, -0.2) is 63.1 Å². The molecule has 30 heavy (non-hydrogen) atoms. The van der Waals surface area contributed by atoms with Crippen LogP contribution in [0.5, 0.6) is 11.5 Å². The van der Waals surface area contributed by atoms with Gasteiger partial charge in [0.1, 0.15) is 11.5 Å². The predicted octanol–water partition coefficient (Wildman–Crippen LogP) is 2.76. The summed E-state index contributed by atoms with van der Waals surface area (Å²) in [4.78, 5) is 20.1. The molecule has 1 amide bonds. The Balaban J connectivity index is 2.06. The zero-order chi connectivity index (χ0) is 21.9. The number of benzene rings is 2. The summed E-state index contributed by atoms with van der Waals surface area (Å²) in [7, 11) is 7.10. The largest absolute Gasteiger partial charge is 0.496 e. The van der Waals surface area contributed by atoms with E-state index in [-0.39, 0.29) is 12.5 Å². The first-order valence-electron chi connectivity index (χ1n) is 9.97. The number of methoxy groups -OCH3 is 1. The number of nitrogens with zero attached hydrogens (tertiary/aromatic N) is 3. The molecule has 0 saturated carbocycles. The molecule has 0 saturated heterocycles. The van der Waals surface area contributed by atoms with Crippen LogP contribution in [0.15, 0.2) is 53.5 Å². The number of rotatable bonds is 9. The quantitative estimate of drug-likeness (QED) is 0.507. The van der Waals surface area contributed by atoms with Crippen molar-refractivity contribution in [3.63, 3.8) is 0 Å². The lowest BCUT2D eigenvalue weighted by atomic mass is 10.2. The second-order valence-electron chi connectivity index (χ2n) is 7.06. The van der Waals surface area contributed by atoms with Crippen molar-refractivity contribution in [3.05, 3.63) is 59.7 Å². The summed E-state index contributed by atoms with van der Waals surface area (Å²) in [6.45, 7) is 4.00. The molecule has 0 unspecified atom stereocenters. The van der Waals surface area contributed by atoms with Gasteiger partial charge in [-0.2, -0.15) is 0 Å². The fourth-order valence-corrected chi connectivity index (χ4v) is 2.81. The number of hydrogen-bond acceptors (Lipinski definition) is 4. The minimum atomic E-state index is -0.0779. The van der Waals surface area contributed by atoms with Gasteiger partial charge in [-0.05, 0) is 30.7 Å². The van der Waals surface area contributed by atoms with Crippen LogP contribution in [0.25, 0.3) is 0 Å². The maximum Gasteiger partial charge on any atom is 0.259 e. The van der Waals surface area contributed by atoms with E-state index in [0.717, 1.165) is 29.4 Å². The smallest absolute Gasteiger partial charge is 0.259 e. The number of ether oxygens (including phenoxy) is 2. The van der Waals surface area contributed by atoms with Gasteiger partial charge in [-0.25, -0.2) is 4.99 Å². The molecule has 0 heterocycles. The van der Waals surface area contributed by atoms with E-state index >= 15 is 0 Å². The lowest BCUT2D eigenvalue weighted by Crippen LogP contribution is -2.38. The second kappa shape index (κ2) is 11.7. The number of nitrogens with one attached hydrogen (secondary N) is 1. The number of para-hydroxylation sites is 1. The van der Waals surface area contributed by atoms with Crippen molar-refractivity contribution in [2.45, 2.75) is 20.0 Å². The summed E-state index contributed by atoms with van der Waals surface area (Å²) in [6, 6.07) is 15.6. The van der Waals surface area contributed by atoms with Crippen LogP contribution >= 0.6 is 0 Å². The van der Waals surface area contributed by atoms with Gasteiger partial charge in [0.2, 0.25) is 0 Å². The monoisotopic (exact) mass is 412 g/mol. The highest BCUT2D eigenvalue weighted by Gasteiger charge is 2.10. The molecule has 0 fully saturated rings. The van der Waals surface area contributed by atoms with Crippen LogP contribution < -0.4 is 14.8 Å². The molecule has 7 nitrogen and oxygen atoms in total. The van der Waals surface area contributed by atoms with E-state index in [2.05, 4.69) is 16.3 Å². The maximum absolute atomic E-state index is 11.7. The van der Waals surface area contributed by atoms with E-state index < -0.39 is 0 Å². The number of carbonyl (C=O) groups is 1. The fourth-order valence-electron chi connectivity index (χ4n) is 2.81. The zero-order valence-corrected chi connectivity index (χ0v) is 18.5. The van der Waals surface area contributed by atoms with Crippen molar-refractivity contribution in [1.29, 1.82) is 0 Å². The minimum Gasteiger partial charge on any atom is -0.496 e. The molecule has 7 heteroatoms.